The van der Waals surface area contributed by atoms with Crippen LogP contribution in [0.15, 0.2) is 24.3 Å². The Morgan fingerprint density at radius 2 is 1.85 bits per heavy atom. The zero-order chi connectivity index (χ0) is 17.6. The molecule has 0 spiro atoms. The Balaban J connectivity index is 0.00000196. The normalized spacial score (nSPS) is 22.0. The minimum atomic E-state index is -0.284. The van der Waals surface area contributed by atoms with E-state index in [9.17, 15) is 9.18 Å². The van der Waals surface area contributed by atoms with Crippen molar-refractivity contribution in [2.75, 3.05) is 13.1 Å². The van der Waals surface area contributed by atoms with Crippen LogP contribution in [-0.4, -0.2) is 45.8 Å². The lowest BCUT2D eigenvalue weighted by molar-refractivity contribution is 0.0746. The Morgan fingerprint density at radius 1 is 1.15 bits per heavy atom. The van der Waals surface area contributed by atoms with Gasteiger partial charge in [-0.2, -0.15) is 5.10 Å². The predicted octanol–water partition coefficient (Wildman–Crippen LogP) is 3.02. The highest BCUT2D eigenvalue weighted by Crippen LogP contribution is 2.24. The fraction of sp³-hybridized carbons (Fsp3) is 0.474. The molecule has 2 fully saturated rings. The van der Waals surface area contributed by atoms with E-state index in [1.807, 2.05) is 18.7 Å². The Bertz CT molecular complexity index is 805. The van der Waals surface area contributed by atoms with E-state index in [4.69, 9.17) is 0 Å². The molecule has 5 nitrogen and oxygen atoms in total. The van der Waals surface area contributed by atoms with E-state index in [1.54, 1.807) is 16.8 Å². The van der Waals surface area contributed by atoms with Crippen LogP contribution in [0.3, 0.4) is 0 Å². The minimum absolute atomic E-state index is 0. The molecule has 4 rings (SSSR count). The summed E-state index contributed by atoms with van der Waals surface area (Å²) in [5.74, 6) is -0.230. The SMILES string of the molecule is Cc1nn(-c2ccc(F)cc2)c(C)c1C(=O)N1CCC2CCC(C1)N2.Cl. The first kappa shape index (κ1) is 18.9. The van der Waals surface area contributed by atoms with Crippen LogP contribution < -0.4 is 5.32 Å². The van der Waals surface area contributed by atoms with Crippen LogP contribution in [0.2, 0.25) is 0 Å². The molecule has 0 radical (unpaired) electrons. The van der Waals surface area contributed by atoms with E-state index in [0.717, 1.165) is 37.3 Å². The number of rotatable bonds is 2. The molecule has 1 N–H and O–H groups in total. The van der Waals surface area contributed by atoms with Gasteiger partial charge in [-0.05, 0) is 57.4 Å². The summed E-state index contributed by atoms with van der Waals surface area (Å²) in [5, 5.41) is 8.13. The Morgan fingerprint density at radius 3 is 2.58 bits per heavy atom. The molecule has 3 heterocycles. The molecule has 2 atom stereocenters. The summed E-state index contributed by atoms with van der Waals surface area (Å²) in [5.41, 5.74) is 2.95. The molecule has 1 aromatic heterocycles. The molecule has 2 unspecified atom stereocenters. The summed E-state index contributed by atoms with van der Waals surface area (Å²) in [7, 11) is 0. The Labute approximate surface area is 159 Å². The summed E-state index contributed by atoms with van der Waals surface area (Å²) >= 11 is 0. The van der Waals surface area contributed by atoms with Gasteiger partial charge in [0.25, 0.3) is 5.91 Å². The van der Waals surface area contributed by atoms with Gasteiger partial charge < -0.3 is 10.2 Å². The Hall–Kier alpha value is -1.92. The van der Waals surface area contributed by atoms with Crippen molar-refractivity contribution in [1.82, 2.24) is 20.0 Å². The van der Waals surface area contributed by atoms with Crippen LogP contribution in [0.1, 0.15) is 41.0 Å². The van der Waals surface area contributed by atoms with Gasteiger partial charge in [-0.25, -0.2) is 9.07 Å². The number of hydrogen-bond acceptors (Lipinski definition) is 3. The van der Waals surface area contributed by atoms with Crippen LogP contribution in [0.25, 0.3) is 5.69 Å². The number of hydrogen-bond donors (Lipinski definition) is 1. The van der Waals surface area contributed by atoms with Crippen molar-refractivity contribution in [2.24, 2.45) is 0 Å². The predicted molar refractivity (Wildman–Crippen MR) is 101 cm³/mol. The number of carbonyl (C=O) groups excluding carboxylic acids is 1. The van der Waals surface area contributed by atoms with Gasteiger partial charge in [-0.1, -0.05) is 0 Å². The van der Waals surface area contributed by atoms with Gasteiger partial charge in [0.15, 0.2) is 0 Å². The van der Waals surface area contributed by atoms with Gasteiger partial charge in [0.1, 0.15) is 5.82 Å². The first-order chi connectivity index (χ1) is 12.0. The van der Waals surface area contributed by atoms with Crippen molar-refractivity contribution < 1.29 is 9.18 Å². The zero-order valence-corrected chi connectivity index (χ0v) is 15.9. The molecule has 1 amide bonds. The number of aryl methyl sites for hydroxylation is 1. The molecule has 2 aliphatic heterocycles. The molecule has 2 aliphatic rings. The van der Waals surface area contributed by atoms with E-state index in [1.165, 1.54) is 18.6 Å². The maximum absolute atomic E-state index is 13.2. The largest absolute Gasteiger partial charge is 0.337 e. The fourth-order valence-electron chi connectivity index (χ4n) is 4.07. The maximum atomic E-state index is 13.2. The lowest BCUT2D eigenvalue weighted by Gasteiger charge is -2.24. The van der Waals surface area contributed by atoms with Gasteiger partial charge >= 0.3 is 0 Å². The molecular weight excluding hydrogens is 355 g/mol. The van der Waals surface area contributed by atoms with Gasteiger partial charge in [-0.15, -0.1) is 12.4 Å². The quantitative estimate of drug-likeness (QED) is 0.873. The number of amides is 1. The van der Waals surface area contributed by atoms with Crippen molar-refractivity contribution in [3.05, 3.63) is 47.0 Å². The maximum Gasteiger partial charge on any atom is 0.257 e. The first-order valence-electron chi connectivity index (χ1n) is 8.90. The number of carbonyl (C=O) groups is 1. The third-order valence-electron chi connectivity index (χ3n) is 5.39. The molecular formula is C19H24ClFN4O. The van der Waals surface area contributed by atoms with Crippen LogP contribution in [-0.2, 0) is 0 Å². The van der Waals surface area contributed by atoms with Gasteiger partial charge in [0, 0.05) is 25.2 Å². The molecule has 1 aromatic carbocycles. The second kappa shape index (κ2) is 7.37. The fourth-order valence-corrected chi connectivity index (χ4v) is 4.07. The number of halogens is 2. The highest BCUT2D eigenvalue weighted by molar-refractivity contribution is 5.96. The third-order valence-corrected chi connectivity index (χ3v) is 5.39. The van der Waals surface area contributed by atoms with Gasteiger partial charge in [0.05, 0.1) is 22.6 Å². The summed E-state index contributed by atoms with van der Waals surface area (Å²) in [4.78, 5) is 15.1. The van der Waals surface area contributed by atoms with E-state index in [0.29, 0.717) is 23.3 Å². The van der Waals surface area contributed by atoms with Crippen LogP contribution in [0.4, 0.5) is 4.39 Å². The average molecular weight is 379 g/mol. The standard InChI is InChI=1S/C19H23FN4O.ClH/c1-12-18(13(2)24(22-12)17-7-3-14(20)4-8-17)19(25)23-10-9-15-5-6-16(11-23)21-15;/h3-4,7-8,15-16,21H,5-6,9-11H2,1-2H3;1H. The molecule has 2 saturated heterocycles. The summed E-state index contributed by atoms with van der Waals surface area (Å²) < 4.78 is 14.9. The molecule has 7 heteroatoms. The van der Waals surface area contributed by atoms with E-state index < -0.39 is 0 Å². The molecule has 26 heavy (non-hydrogen) atoms. The number of nitrogens with zero attached hydrogens (tertiary/aromatic N) is 3. The number of fused-ring (bicyclic) bond motifs is 2. The summed E-state index contributed by atoms with van der Waals surface area (Å²) in [6.45, 7) is 5.31. The lowest BCUT2D eigenvalue weighted by atomic mass is 10.1. The monoisotopic (exact) mass is 378 g/mol. The second-order valence-corrected chi connectivity index (χ2v) is 7.11. The summed E-state index contributed by atoms with van der Waals surface area (Å²) in [6.07, 6.45) is 3.36. The van der Waals surface area contributed by atoms with Gasteiger partial charge in [0.2, 0.25) is 0 Å². The van der Waals surface area contributed by atoms with Gasteiger partial charge in [-0.3, -0.25) is 4.79 Å². The smallest absolute Gasteiger partial charge is 0.257 e. The van der Waals surface area contributed by atoms with E-state index >= 15 is 0 Å². The first-order valence-corrected chi connectivity index (χ1v) is 8.90. The third kappa shape index (κ3) is 3.35. The van der Waals surface area contributed by atoms with Crippen molar-refractivity contribution in [1.29, 1.82) is 0 Å². The zero-order valence-electron chi connectivity index (χ0n) is 15.0. The van der Waals surface area contributed by atoms with E-state index in [-0.39, 0.29) is 24.1 Å². The minimum Gasteiger partial charge on any atom is -0.337 e. The highest BCUT2D eigenvalue weighted by Gasteiger charge is 2.33. The number of aromatic nitrogens is 2. The number of likely N-dealkylation sites (tertiary alicyclic amines) is 1. The number of nitrogens with one attached hydrogen (secondary N) is 1. The topological polar surface area (TPSA) is 50.2 Å². The molecule has 2 bridgehead atoms. The molecule has 0 aliphatic carbocycles. The van der Waals surface area contributed by atoms with Crippen LogP contribution >= 0.6 is 12.4 Å². The van der Waals surface area contributed by atoms with Crippen LogP contribution in [0, 0.1) is 19.7 Å². The lowest BCUT2D eigenvalue weighted by Crippen LogP contribution is -2.39. The van der Waals surface area contributed by atoms with Crippen molar-refractivity contribution in [2.45, 2.75) is 45.2 Å². The van der Waals surface area contributed by atoms with Crippen molar-refractivity contribution >= 4 is 18.3 Å². The van der Waals surface area contributed by atoms with Crippen LogP contribution in [0.5, 0.6) is 0 Å². The summed E-state index contributed by atoms with van der Waals surface area (Å²) in [6, 6.07) is 7.13. The van der Waals surface area contributed by atoms with Crippen molar-refractivity contribution in [3.8, 4) is 5.69 Å². The second-order valence-electron chi connectivity index (χ2n) is 7.11. The number of benzene rings is 1. The highest BCUT2D eigenvalue weighted by atomic mass is 35.5. The van der Waals surface area contributed by atoms with Crippen molar-refractivity contribution in [3.63, 3.8) is 0 Å². The average Bonchev–Trinajstić information content (AvgIpc) is 3.06. The Kier molecular flexibility index (Phi) is 5.34. The molecule has 0 saturated carbocycles. The van der Waals surface area contributed by atoms with E-state index in [2.05, 4.69) is 10.4 Å². The molecule has 140 valence electrons. The molecule has 2 aromatic rings.